The second-order valence-corrected chi connectivity index (χ2v) is 10.2. The molecule has 5 atom stereocenters. The minimum Gasteiger partial charge on any atom is -0.477 e. The molecule has 5 unspecified atom stereocenters. The van der Waals surface area contributed by atoms with Gasteiger partial charge >= 0.3 is 6.18 Å². The van der Waals surface area contributed by atoms with E-state index < -0.39 is 52.8 Å². The van der Waals surface area contributed by atoms with Crippen LogP contribution in [0.5, 0.6) is 5.88 Å². The molecule has 3 aliphatic heterocycles. The number of aliphatic hydroxyl groups is 1. The third kappa shape index (κ3) is 3.60. The summed E-state index contributed by atoms with van der Waals surface area (Å²) < 4.78 is 50.7. The van der Waals surface area contributed by atoms with Gasteiger partial charge in [-0.25, -0.2) is 14.9 Å². The van der Waals surface area contributed by atoms with Crippen LogP contribution in [-0.4, -0.2) is 50.8 Å². The van der Waals surface area contributed by atoms with E-state index in [1.54, 1.807) is 31.2 Å². The molecule has 0 spiro atoms. The maximum atomic E-state index is 13.9. The third-order valence-corrected chi connectivity index (χ3v) is 8.08. The van der Waals surface area contributed by atoms with Crippen molar-refractivity contribution in [1.29, 1.82) is 5.26 Å². The molecule has 2 amide bonds. The van der Waals surface area contributed by atoms with Crippen molar-refractivity contribution in [3.05, 3.63) is 60.0 Å². The normalized spacial score (nSPS) is 29.6. The fraction of sp³-hybridized carbons (Fsp3) is 0.370. The lowest BCUT2D eigenvalue weighted by Crippen LogP contribution is -2.49. The van der Waals surface area contributed by atoms with E-state index in [4.69, 9.17) is 9.47 Å². The number of ether oxygens (including phenoxy) is 2. The standard InChI is InChI=1S/C27H21F3N4O5/c1-25-19(35)11-26(39-25,8-9-38-20-10-18(27(28,29)30)32-13-33-20)22-21(25)23(36)34(24(22)37)17-7-6-14-4-2-3-5-15(14)16(17)12-31/h2-7,10,13,19,21-22,35H,8-9,11H2,1H3. The van der Waals surface area contributed by atoms with Crippen LogP contribution in [0.25, 0.3) is 10.8 Å². The van der Waals surface area contributed by atoms with Crippen molar-refractivity contribution in [2.75, 3.05) is 11.5 Å². The first kappa shape index (κ1) is 25.2. The van der Waals surface area contributed by atoms with Crippen molar-refractivity contribution >= 4 is 28.3 Å². The van der Waals surface area contributed by atoms with E-state index >= 15 is 0 Å². The quantitative estimate of drug-likeness (QED) is 0.490. The van der Waals surface area contributed by atoms with Gasteiger partial charge in [-0.15, -0.1) is 0 Å². The lowest BCUT2D eigenvalue weighted by Gasteiger charge is -2.33. The Morgan fingerprint density at radius 3 is 2.67 bits per heavy atom. The summed E-state index contributed by atoms with van der Waals surface area (Å²) in [6.45, 7) is 1.38. The van der Waals surface area contributed by atoms with Gasteiger partial charge in [0, 0.05) is 24.3 Å². The van der Waals surface area contributed by atoms with E-state index in [0.717, 1.165) is 16.6 Å². The summed E-state index contributed by atoms with van der Waals surface area (Å²) in [5, 5.41) is 22.2. The van der Waals surface area contributed by atoms with Crippen LogP contribution < -0.4 is 9.64 Å². The van der Waals surface area contributed by atoms with Crippen molar-refractivity contribution in [2.24, 2.45) is 11.8 Å². The molecule has 39 heavy (non-hydrogen) atoms. The first-order valence-corrected chi connectivity index (χ1v) is 12.2. The van der Waals surface area contributed by atoms with Gasteiger partial charge in [0.25, 0.3) is 0 Å². The minimum atomic E-state index is -4.68. The van der Waals surface area contributed by atoms with Crippen molar-refractivity contribution < 1.29 is 37.3 Å². The van der Waals surface area contributed by atoms with Crippen LogP contribution in [0.15, 0.2) is 48.8 Å². The zero-order valence-electron chi connectivity index (χ0n) is 20.5. The van der Waals surface area contributed by atoms with E-state index in [1.165, 1.54) is 0 Å². The van der Waals surface area contributed by atoms with Gasteiger partial charge in [-0.3, -0.25) is 9.59 Å². The first-order chi connectivity index (χ1) is 18.5. The summed E-state index contributed by atoms with van der Waals surface area (Å²) in [6.07, 6.45) is -4.98. The van der Waals surface area contributed by atoms with Crippen molar-refractivity contribution in [3.63, 3.8) is 0 Å². The molecule has 0 saturated carbocycles. The summed E-state index contributed by atoms with van der Waals surface area (Å²) in [4.78, 5) is 35.6. The lowest BCUT2D eigenvalue weighted by molar-refractivity contribution is -0.141. The number of hydrogen-bond donors (Lipinski definition) is 1. The molecule has 0 radical (unpaired) electrons. The Morgan fingerprint density at radius 2 is 1.92 bits per heavy atom. The Morgan fingerprint density at radius 1 is 1.18 bits per heavy atom. The number of halogens is 3. The number of carbonyl (C=O) groups is 2. The number of aliphatic hydroxyl groups excluding tert-OH is 1. The van der Waals surface area contributed by atoms with E-state index in [2.05, 4.69) is 16.0 Å². The number of rotatable bonds is 5. The van der Waals surface area contributed by atoms with E-state index in [1.807, 2.05) is 12.1 Å². The van der Waals surface area contributed by atoms with Crippen LogP contribution in [0.4, 0.5) is 18.9 Å². The molecule has 12 heteroatoms. The summed E-state index contributed by atoms with van der Waals surface area (Å²) >= 11 is 0. The highest BCUT2D eigenvalue weighted by atomic mass is 19.4. The van der Waals surface area contributed by atoms with Gasteiger partial charge in [0.2, 0.25) is 17.7 Å². The number of anilines is 1. The molecular weight excluding hydrogens is 517 g/mol. The summed E-state index contributed by atoms with van der Waals surface area (Å²) in [6, 6.07) is 13.2. The Bertz CT molecular complexity index is 1570. The van der Waals surface area contributed by atoms with E-state index in [-0.39, 0.29) is 36.6 Å². The summed E-state index contributed by atoms with van der Waals surface area (Å²) in [7, 11) is 0. The predicted molar refractivity (Wildman–Crippen MR) is 128 cm³/mol. The maximum Gasteiger partial charge on any atom is 0.433 e. The smallest absolute Gasteiger partial charge is 0.433 e. The van der Waals surface area contributed by atoms with E-state index in [9.17, 15) is 33.1 Å². The van der Waals surface area contributed by atoms with Gasteiger partial charge in [-0.2, -0.15) is 18.4 Å². The number of benzene rings is 2. The molecule has 3 fully saturated rings. The van der Waals surface area contributed by atoms with Crippen LogP contribution in [-0.2, 0) is 20.5 Å². The minimum absolute atomic E-state index is 0.00184. The van der Waals surface area contributed by atoms with Gasteiger partial charge in [0.05, 0.1) is 41.4 Å². The summed E-state index contributed by atoms with van der Waals surface area (Å²) in [5.74, 6) is -3.44. The fourth-order valence-corrected chi connectivity index (χ4v) is 6.33. The number of alkyl halides is 3. The number of aromatic nitrogens is 2. The highest BCUT2D eigenvalue weighted by Crippen LogP contribution is 2.62. The van der Waals surface area contributed by atoms with Crippen LogP contribution in [0.2, 0.25) is 0 Å². The average Bonchev–Trinajstić information content (AvgIpc) is 3.43. The zero-order chi connectivity index (χ0) is 27.7. The second-order valence-electron chi connectivity index (χ2n) is 10.2. The Kier molecular flexibility index (Phi) is 5.47. The fourth-order valence-electron chi connectivity index (χ4n) is 6.33. The molecule has 200 valence electrons. The van der Waals surface area contributed by atoms with Crippen molar-refractivity contribution in [1.82, 2.24) is 9.97 Å². The number of hydrogen-bond acceptors (Lipinski definition) is 8. The second kappa shape index (κ2) is 8.46. The van der Waals surface area contributed by atoms with Gasteiger partial charge in [-0.05, 0) is 18.4 Å². The molecule has 6 rings (SSSR count). The molecule has 0 aliphatic carbocycles. The highest BCUT2D eigenvalue weighted by Gasteiger charge is 2.77. The Labute approximate surface area is 219 Å². The SMILES string of the molecule is CC12OC(CCOc3cc(C(F)(F)F)ncn3)(CC1O)C1C(=O)N(c3ccc4ccccc4c3C#N)C(=O)C12. The van der Waals surface area contributed by atoms with Crippen molar-refractivity contribution in [2.45, 2.75) is 43.2 Å². The molecule has 3 saturated heterocycles. The molecule has 2 bridgehead atoms. The topological polar surface area (TPSA) is 126 Å². The number of imide groups is 1. The largest absolute Gasteiger partial charge is 0.477 e. The Balaban J connectivity index is 1.32. The van der Waals surface area contributed by atoms with Crippen LogP contribution in [0.3, 0.4) is 0 Å². The monoisotopic (exact) mass is 538 g/mol. The zero-order valence-corrected chi connectivity index (χ0v) is 20.5. The maximum absolute atomic E-state index is 13.9. The number of fused-ring (bicyclic) bond motifs is 6. The predicted octanol–water partition coefficient (Wildman–Crippen LogP) is 3.39. The molecule has 1 N–H and O–H groups in total. The molecule has 4 heterocycles. The number of nitrogens with zero attached hydrogens (tertiary/aromatic N) is 4. The number of carbonyl (C=O) groups excluding carboxylic acids is 2. The molecule has 1 aromatic heterocycles. The van der Waals surface area contributed by atoms with Crippen LogP contribution in [0.1, 0.15) is 31.0 Å². The van der Waals surface area contributed by atoms with Crippen molar-refractivity contribution in [3.8, 4) is 11.9 Å². The van der Waals surface area contributed by atoms with Crippen LogP contribution >= 0.6 is 0 Å². The molecule has 3 aliphatic rings. The molecule has 3 aromatic rings. The molecule has 2 aromatic carbocycles. The van der Waals surface area contributed by atoms with Gasteiger partial charge in [0.1, 0.15) is 18.0 Å². The molecular formula is C27H21F3N4O5. The Hall–Kier alpha value is -4.08. The van der Waals surface area contributed by atoms with E-state index in [0.29, 0.717) is 11.5 Å². The lowest BCUT2D eigenvalue weighted by atomic mass is 9.66. The summed E-state index contributed by atoms with van der Waals surface area (Å²) in [5.41, 5.74) is -3.50. The first-order valence-electron chi connectivity index (χ1n) is 12.2. The number of nitriles is 1. The highest BCUT2D eigenvalue weighted by molar-refractivity contribution is 6.24. The van der Waals surface area contributed by atoms with Gasteiger partial charge in [-0.1, -0.05) is 30.3 Å². The third-order valence-electron chi connectivity index (χ3n) is 8.08. The number of amides is 2. The average molecular weight is 538 g/mol. The van der Waals surface area contributed by atoms with Gasteiger partial charge < -0.3 is 14.6 Å². The van der Waals surface area contributed by atoms with Crippen LogP contribution in [0, 0.1) is 23.2 Å². The molecule has 9 nitrogen and oxygen atoms in total. The van der Waals surface area contributed by atoms with Gasteiger partial charge in [0.15, 0.2) is 5.69 Å².